The summed E-state index contributed by atoms with van der Waals surface area (Å²) in [4.78, 5) is 27.9. The second-order valence-electron chi connectivity index (χ2n) is 5.04. The van der Waals surface area contributed by atoms with Crippen molar-refractivity contribution in [1.29, 1.82) is 0 Å². The minimum absolute atomic E-state index is 0.291. The second kappa shape index (κ2) is 5.71. The first-order valence-electron chi connectivity index (χ1n) is 6.61. The predicted molar refractivity (Wildman–Crippen MR) is 85.4 cm³/mol. The molecule has 2 amide bonds. The van der Waals surface area contributed by atoms with Gasteiger partial charge in [0.25, 0.3) is 5.91 Å². The van der Waals surface area contributed by atoms with Gasteiger partial charge in [-0.05, 0) is 24.3 Å². The summed E-state index contributed by atoms with van der Waals surface area (Å²) in [5, 5.41) is 4.76. The van der Waals surface area contributed by atoms with Crippen molar-refractivity contribution in [3.05, 3.63) is 46.6 Å². The molecule has 2 N–H and O–H groups in total. The van der Waals surface area contributed by atoms with Gasteiger partial charge in [0.1, 0.15) is 11.6 Å². The van der Waals surface area contributed by atoms with E-state index in [1.807, 2.05) is 0 Å². The van der Waals surface area contributed by atoms with E-state index in [4.69, 9.17) is 11.6 Å². The Morgan fingerprint density at radius 2 is 2.09 bits per heavy atom. The van der Waals surface area contributed by atoms with Crippen molar-refractivity contribution in [1.82, 2.24) is 15.2 Å². The normalized spacial score (nSPS) is 16.0. The molecular weight excluding hydrogens is 342 g/mol. The highest BCUT2D eigenvalue weighted by molar-refractivity contribution is 7.94. The van der Waals surface area contributed by atoms with E-state index in [0.717, 1.165) is 21.2 Å². The summed E-state index contributed by atoms with van der Waals surface area (Å²) in [6, 6.07) is 6.79. The summed E-state index contributed by atoms with van der Waals surface area (Å²) < 4.78 is 22.5. The molecule has 0 spiro atoms. The Morgan fingerprint density at radius 1 is 1.30 bits per heavy atom. The largest absolute Gasteiger partial charge is 0.351 e. The molecule has 0 fully saturated rings. The van der Waals surface area contributed by atoms with Crippen LogP contribution in [0.2, 0.25) is 5.02 Å². The zero-order valence-corrected chi connectivity index (χ0v) is 13.3. The number of H-pyrrole nitrogens is 1. The molecule has 23 heavy (non-hydrogen) atoms. The quantitative estimate of drug-likeness (QED) is 0.867. The maximum atomic E-state index is 12.1. The third-order valence-electron chi connectivity index (χ3n) is 3.32. The van der Waals surface area contributed by atoms with Crippen LogP contribution in [-0.4, -0.2) is 42.5 Å². The molecule has 120 valence electrons. The van der Waals surface area contributed by atoms with Crippen molar-refractivity contribution in [3.8, 4) is 0 Å². The molecule has 0 bridgehead atoms. The van der Waals surface area contributed by atoms with Crippen LogP contribution in [0.1, 0.15) is 10.5 Å². The van der Waals surface area contributed by atoms with Gasteiger partial charge in [0, 0.05) is 27.5 Å². The Bertz CT molecular complexity index is 933. The third kappa shape index (κ3) is 3.38. The number of rotatable bonds is 3. The van der Waals surface area contributed by atoms with Crippen molar-refractivity contribution >= 4 is 44.2 Å². The van der Waals surface area contributed by atoms with E-state index >= 15 is 0 Å². The summed E-state index contributed by atoms with van der Waals surface area (Å²) in [5.74, 6) is -1.36. The Hall–Kier alpha value is -2.32. The fourth-order valence-electron chi connectivity index (χ4n) is 2.18. The van der Waals surface area contributed by atoms with E-state index in [2.05, 4.69) is 10.3 Å². The number of amides is 2. The summed E-state index contributed by atoms with van der Waals surface area (Å²) >= 11 is 5.89. The zero-order chi connectivity index (χ0) is 16.6. The van der Waals surface area contributed by atoms with Crippen molar-refractivity contribution in [2.24, 2.45) is 0 Å². The second-order valence-corrected chi connectivity index (χ2v) is 7.33. The van der Waals surface area contributed by atoms with Crippen LogP contribution in [0.25, 0.3) is 10.9 Å². The Kier molecular flexibility index (Phi) is 3.87. The fourth-order valence-corrected chi connectivity index (χ4v) is 3.40. The highest BCUT2D eigenvalue weighted by Gasteiger charge is 2.24. The lowest BCUT2D eigenvalue weighted by atomic mass is 10.2. The number of hydrogen-bond donors (Lipinski definition) is 2. The maximum Gasteiger partial charge on any atom is 0.268 e. The fraction of sp³-hybridized carbons (Fsp3) is 0.143. The molecule has 2 heterocycles. The first-order valence-corrected chi connectivity index (χ1v) is 8.70. The molecule has 7 nitrogen and oxygen atoms in total. The highest BCUT2D eigenvalue weighted by Crippen LogP contribution is 2.20. The molecule has 1 aromatic carbocycles. The molecular formula is C14H12ClN3O4S. The van der Waals surface area contributed by atoms with Gasteiger partial charge < -0.3 is 15.2 Å². The molecule has 0 saturated carbocycles. The lowest BCUT2D eigenvalue weighted by Gasteiger charge is -2.12. The van der Waals surface area contributed by atoms with Crippen LogP contribution in [0.5, 0.6) is 0 Å². The van der Waals surface area contributed by atoms with Crippen LogP contribution in [0, 0.1) is 0 Å². The minimum Gasteiger partial charge on any atom is -0.351 e. The molecule has 0 aliphatic carbocycles. The highest BCUT2D eigenvalue weighted by atomic mass is 35.5. The molecule has 0 saturated heterocycles. The molecule has 0 atom stereocenters. The minimum atomic E-state index is -3.36. The summed E-state index contributed by atoms with van der Waals surface area (Å²) in [5.41, 5.74) is 1.04. The Morgan fingerprint density at radius 3 is 2.78 bits per heavy atom. The molecule has 1 aliphatic rings. The standard InChI is InChI=1S/C14H12ClN3O4S/c15-10-1-2-11-9(5-10)6-12(17-11)14(20)16-7-13(19)18-3-4-23(21,22)8-18/h1-6,17H,7-8H2,(H,16,20). The average Bonchev–Trinajstić information content (AvgIpc) is 3.07. The van der Waals surface area contributed by atoms with Gasteiger partial charge in [0.2, 0.25) is 5.91 Å². The molecule has 9 heteroatoms. The van der Waals surface area contributed by atoms with Crippen LogP contribution >= 0.6 is 11.6 Å². The number of carbonyl (C=O) groups excluding carboxylic acids is 2. The number of aromatic amines is 1. The molecule has 2 aromatic rings. The van der Waals surface area contributed by atoms with E-state index in [-0.39, 0.29) is 6.54 Å². The number of aromatic nitrogens is 1. The molecule has 3 rings (SSSR count). The van der Waals surface area contributed by atoms with Crippen molar-refractivity contribution in [3.63, 3.8) is 0 Å². The first-order chi connectivity index (χ1) is 10.8. The number of carbonyl (C=O) groups is 2. The first kappa shape index (κ1) is 15.6. The smallest absolute Gasteiger partial charge is 0.268 e. The van der Waals surface area contributed by atoms with Crippen LogP contribution in [0.15, 0.2) is 35.9 Å². The number of benzene rings is 1. The monoisotopic (exact) mass is 353 g/mol. The summed E-state index contributed by atoms with van der Waals surface area (Å²) in [6.07, 6.45) is 1.19. The van der Waals surface area contributed by atoms with Gasteiger partial charge in [0.05, 0.1) is 6.54 Å². The van der Waals surface area contributed by atoms with Gasteiger partial charge in [-0.25, -0.2) is 8.42 Å². The molecule has 0 radical (unpaired) electrons. The summed E-state index contributed by atoms with van der Waals surface area (Å²) in [7, 11) is -3.36. The lowest BCUT2D eigenvalue weighted by molar-refractivity contribution is -0.126. The Balaban J connectivity index is 1.64. The van der Waals surface area contributed by atoms with E-state index in [9.17, 15) is 18.0 Å². The van der Waals surface area contributed by atoms with Crippen molar-refractivity contribution < 1.29 is 18.0 Å². The van der Waals surface area contributed by atoms with Gasteiger partial charge in [0.15, 0.2) is 9.84 Å². The molecule has 0 unspecified atom stereocenters. The Labute approximate surface area is 136 Å². The van der Waals surface area contributed by atoms with Gasteiger partial charge in [-0.1, -0.05) is 11.6 Å². The zero-order valence-electron chi connectivity index (χ0n) is 11.7. The topological polar surface area (TPSA) is 99.3 Å². The van der Waals surface area contributed by atoms with Crippen molar-refractivity contribution in [2.45, 2.75) is 0 Å². The van der Waals surface area contributed by atoms with Crippen LogP contribution in [0.3, 0.4) is 0 Å². The summed E-state index contributed by atoms with van der Waals surface area (Å²) in [6.45, 7) is -0.297. The lowest BCUT2D eigenvalue weighted by Crippen LogP contribution is -2.37. The van der Waals surface area contributed by atoms with Gasteiger partial charge in [-0.15, -0.1) is 0 Å². The van der Waals surface area contributed by atoms with Crippen LogP contribution in [-0.2, 0) is 14.6 Å². The number of nitrogens with one attached hydrogen (secondary N) is 2. The number of halogens is 1. The number of fused-ring (bicyclic) bond motifs is 1. The third-order valence-corrected chi connectivity index (χ3v) is 4.72. The van der Waals surface area contributed by atoms with Crippen LogP contribution in [0.4, 0.5) is 0 Å². The van der Waals surface area contributed by atoms with E-state index in [0.29, 0.717) is 10.7 Å². The van der Waals surface area contributed by atoms with Crippen LogP contribution < -0.4 is 5.32 Å². The van der Waals surface area contributed by atoms with Crippen molar-refractivity contribution in [2.75, 3.05) is 12.4 Å². The number of nitrogens with zero attached hydrogens (tertiary/aromatic N) is 1. The SMILES string of the molecule is O=C(NCC(=O)N1C=CS(=O)(=O)C1)c1cc2cc(Cl)ccc2[nH]1. The van der Waals surface area contributed by atoms with E-state index < -0.39 is 27.5 Å². The van der Waals surface area contributed by atoms with E-state index in [1.165, 1.54) is 6.20 Å². The predicted octanol–water partition coefficient (Wildman–Crippen LogP) is 1.24. The van der Waals surface area contributed by atoms with E-state index in [1.54, 1.807) is 24.3 Å². The average molecular weight is 354 g/mol. The molecule has 1 aliphatic heterocycles. The van der Waals surface area contributed by atoms with Gasteiger partial charge >= 0.3 is 0 Å². The maximum absolute atomic E-state index is 12.1. The number of sulfone groups is 1. The molecule has 1 aromatic heterocycles. The van der Waals surface area contributed by atoms with Gasteiger partial charge in [-0.2, -0.15) is 0 Å². The number of hydrogen-bond acceptors (Lipinski definition) is 4. The van der Waals surface area contributed by atoms with Gasteiger partial charge in [-0.3, -0.25) is 9.59 Å².